The molecule has 2 aromatic rings. The van der Waals surface area contributed by atoms with Gasteiger partial charge in [-0.1, -0.05) is 5.16 Å². The van der Waals surface area contributed by atoms with E-state index in [0.717, 1.165) is 5.56 Å². The summed E-state index contributed by atoms with van der Waals surface area (Å²) < 4.78 is 9.81. The van der Waals surface area contributed by atoms with Crippen LogP contribution < -0.4 is 5.73 Å². The average molecular weight is 179 g/mol. The lowest BCUT2D eigenvalue weighted by Crippen LogP contribution is -2.04. The molecule has 0 radical (unpaired) electrons. The summed E-state index contributed by atoms with van der Waals surface area (Å²) in [5.41, 5.74) is 6.35. The maximum absolute atomic E-state index is 5.56. The van der Waals surface area contributed by atoms with Crippen LogP contribution in [-0.4, -0.2) is 10.1 Å². The average Bonchev–Trinajstić information content (AvgIpc) is 2.75. The van der Waals surface area contributed by atoms with Crippen LogP contribution in [0.1, 0.15) is 18.9 Å². The first-order valence-corrected chi connectivity index (χ1v) is 3.89. The summed E-state index contributed by atoms with van der Waals surface area (Å²) >= 11 is 0. The Balaban J connectivity index is 2.33. The zero-order valence-corrected chi connectivity index (χ0v) is 7.10. The van der Waals surface area contributed by atoms with Crippen LogP contribution in [0.5, 0.6) is 0 Å². The van der Waals surface area contributed by atoms with Gasteiger partial charge in [0, 0.05) is 0 Å². The summed E-state index contributed by atoms with van der Waals surface area (Å²) in [7, 11) is 0. The molecule has 1 atom stereocenters. The zero-order chi connectivity index (χ0) is 9.26. The number of rotatable bonds is 2. The molecule has 68 valence electrons. The normalized spacial score (nSPS) is 13.1. The lowest BCUT2D eigenvalue weighted by Gasteiger charge is -1.92. The van der Waals surface area contributed by atoms with E-state index in [2.05, 4.69) is 10.1 Å². The minimum absolute atomic E-state index is 0.242. The van der Waals surface area contributed by atoms with E-state index >= 15 is 0 Å². The minimum atomic E-state index is -0.242. The van der Waals surface area contributed by atoms with Crippen LogP contribution in [0.25, 0.3) is 11.4 Å². The van der Waals surface area contributed by atoms with Crippen molar-refractivity contribution in [2.75, 3.05) is 0 Å². The standard InChI is InChI=1S/C8H9N3O2/c1-5(9)8-10-7(11-13-8)6-2-3-12-4-6/h2-5H,9H2,1H3/t5-/m0/s1. The molecule has 5 nitrogen and oxygen atoms in total. The Labute approximate surface area is 74.5 Å². The third-order valence-corrected chi connectivity index (χ3v) is 1.61. The molecule has 0 spiro atoms. The maximum Gasteiger partial charge on any atom is 0.243 e. The number of nitrogens with zero attached hydrogens (tertiary/aromatic N) is 2. The lowest BCUT2D eigenvalue weighted by atomic mass is 10.3. The molecule has 0 unspecified atom stereocenters. The van der Waals surface area contributed by atoms with E-state index in [1.54, 1.807) is 25.5 Å². The molecular weight excluding hydrogens is 170 g/mol. The van der Waals surface area contributed by atoms with Gasteiger partial charge in [-0.15, -0.1) is 0 Å². The first-order valence-electron chi connectivity index (χ1n) is 3.89. The van der Waals surface area contributed by atoms with Crippen molar-refractivity contribution in [3.8, 4) is 11.4 Å². The van der Waals surface area contributed by atoms with Gasteiger partial charge >= 0.3 is 0 Å². The van der Waals surface area contributed by atoms with Gasteiger partial charge in [-0.2, -0.15) is 4.98 Å². The Hall–Kier alpha value is -1.62. The first-order chi connectivity index (χ1) is 6.27. The van der Waals surface area contributed by atoms with Gasteiger partial charge in [0.2, 0.25) is 11.7 Å². The largest absolute Gasteiger partial charge is 0.472 e. The van der Waals surface area contributed by atoms with E-state index in [4.69, 9.17) is 14.7 Å². The summed E-state index contributed by atoms with van der Waals surface area (Å²) in [6.07, 6.45) is 3.10. The molecule has 2 aromatic heterocycles. The molecule has 0 amide bonds. The van der Waals surface area contributed by atoms with Crippen molar-refractivity contribution in [3.05, 3.63) is 24.5 Å². The molecule has 5 heteroatoms. The van der Waals surface area contributed by atoms with Crippen molar-refractivity contribution < 1.29 is 8.94 Å². The number of hydrogen-bond donors (Lipinski definition) is 1. The van der Waals surface area contributed by atoms with E-state index in [0.29, 0.717) is 11.7 Å². The van der Waals surface area contributed by atoms with E-state index < -0.39 is 0 Å². The molecule has 2 rings (SSSR count). The fraction of sp³-hybridized carbons (Fsp3) is 0.250. The lowest BCUT2D eigenvalue weighted by molar-refractivity contribution is 0.362. The fourth-order valence-electron chi connectivity index (χ4n) is 0.929. The minimum Gasteiger partial charge on any atom is -0.472 e. The second-order valence-corrected chi connectivity index (χ2v) is 2.76. The first kappa shape index (κ1) is 8.00. The van der Waals surface area contributed by atoms with Gasteiger partial charge in [0.05, 0.1) is 17.9 Å². The number of aromatic nitrogens is 2. The van der Waals surface area contributed by atoms with Crippen LogP contribution >= 0.6 is 0 Å². The maximum atomic E-state index is 5.56. The molecule has 0 aliphatic rings. The van der Waals surface area contributed by atoms with Crippen LogP contribution in [-0.2, 0) is 0 Å². The molecule has 0 saturated heterocycles. The molecule has 0 fully saturated rings. The third kappa shape index (κ3) is 1.46. The summed E-state index contributed by atoms with van der Waals surface area (Å²) in [6, 6.07) is 1.52. The highest BCUT2D eigenvalue weighted by molar-refractivity contribution is 5.51. The van der Waals surface area contributed by atoms with Crippen LogP contribution in [0.15, 0.2) is 27.5 Å². The molecular formula is C8H9N3O2. The molecule has 2 heterocycles. The Morgan fingerprint density at radius 1 is 1.54 bits per heavy atom. The smallest absolute Gasteiger partial charge is 0.243 e. The van der Waals surface area contributed by atoms with Gasteiger partial charge in [0.1, 0.15) is 6.26 Å². The van der Waals surface area contributed by atoms with E-state index in [1.807, 2.05) is 0 Å². The molecule has 0 aromatic carbocycles. The molecule has 0 aliphatic carbocycles. The van der Waals surface area contributed by atoms with Gasteiger partial charge in [0.15, 0.2) is 0 Å². The van der Waals surface area contributed by atoms with Gasteiger partial charge in [-0.3, -0.25) is 0 Å². The third-order valence-electron chi connectivity index (χ3n) is 1.61. The number of hydrogen-bond acceptors (Lipinski definition) is 5. The van der Waals surface area contributed by atoms with Crippen molar-refractivity contribution in [1.29, 1.82) is 0 Å². The van der Waals surface area contributed by atoms with Gasteiger partial charge in [0.25, 0.3) is 0 Å². The highest BCUT2D eigenvalue weighted by Crippen LogP contribution is 2.17. The highest BCUT2D eigenvalue weighted by Gasteiger charge is 2.11. The molecule has 0 saturated carbocycles. The second kappa shape index (κ2) is 3.02. The van der Waals surface area contributed by atoms with Crippen LogP contribution in [0.2, 0.25) is 0 Å². The van der Waals surface area contributed by atoms with Crippen molar-refractivity contribution in [3.63, 3.8) is 0 Å². The fourth-order valence-corrected chi connectivity index (χ4v) is 0.929. The van der Waals surface area contributed by atoms with E-state index in [9.17, 15) is 0 Å². The predicted molar refractivity (Wildman–Crippen MR) is 44.6 cm³/mol. The Kier molecular flexibility index (Phi) is 1.86. The summed E-state index contributed by atoms with van der Waals surface area (Å²) in [6.45, 7) is 1.78. The Morgan fingerprint density at radius 3 is 2.92 bits per heavy atom. The summed E-state index contributed by atoms with van der Waals surface area (Å²) in [5.74, 6) is 0.928. The topological polar surface area (TPSA) is 78.1 Å². The van der Waals surface area contributed by atoms with Gasteiger partial charge < -0.3 is 14.7 Å². The SMILES string of the molecule is C[C@H](N)c1nc(-c2ccoc2)no1. The highest BCUT2D eigenvalue weighted by atomic mass is 16.5. The zero-order valence-electron chi connectivity index (χ0n) is 7.10. The molecule has 0 bridgehead atoms. The van der Waals surface area contributed by atoms with E-state index in [1.165, 1.54) is 0 Å². The van der Waals surface area contributed by atoms with Gasteiger partial charge in [-0.05, 0) is 13.0 Å². The van der Waals surface area contributed by atoms with Crippen LogP contribution in [0.4, 0.5) is 0 Å². The van der Waals surface area contributed by atoms with E-state index in [-0.39, 0.29) is 6.04 Å². The van der Waals surface area contributed by atoms with Crippen molar-refractivity contribution in [2.45, 2.75) is 13.0 Å². The van der Waals surface area contributed by atoms with Crippen LogP contribution in [0.3, 0.4) is 0 Å². The van der Waals surface area contributed by atoms with Crippen molar-refractivity contribution in [1.82, 2.24) is 10.1 Å². The number of furan rings is 1. The monoisotopic (exact) mass is 179 g/mol. The predicted octanol–water partition coefficient (Wildman–Crippen LogP) is 1.35. The summed E-state index contributed by atoms with van der Waals surface area (Å²) in [4.78, 5) is 4.09. The van der Waals surface area contributed by atoms with Crippen LogP contribution in [0, 0.1) is 0 Å². The second-order valence-electron chi connectivity index (χ2n) is 2.76. The van der Waals surface area contributed by atoms with Gasteiger partial charge in [-0.25, -0.2) is 0 Å². The molecule has 2 N–H and O–H groups in total. The van der Waals surface area contributed by atoms with Crippen molar-refractivity contribution in [2.24, 2.45) is 5.73 Å². The summed E-state index contributed by atoms with van der Waals surface area (Å²) in [5, 5.41) is 3.75. The Morgan fingerprint density at radius 2 is 2.38 bits per heavy atom. The number of nitrogens with two attached hydrogens (primary N) is 1. The molecule has 13 heavy (non-hydrogen) atoms. The molecule has 0 aliphatic heterocycles. The Bertz CT molecular complexity index is 378. The van der Waals surface area contributed by atoms with Crippen molar-refractivity contribution >= 4 is 0 Å². The quantitative estimate of drug-likeness (QED) is 0.752.